The van der Waals surface area contributed by atoms with Crippen LogP contribution in [-0.2, 0) is 13.1 Å². The van der Waals surface area contributed by atoms with Crippen LogP contribution in [0.2, 0.25) is 5.02 Å². The van der Waals surface area contributed by atoms with Crippen LogP contribution in [0.25, 0.3) is 11.5 Å². The molecule has 6 rings (SSSR count). The van der Waals surface area contributed by atoms with E-state index in [4.69, 9.17) is 21.1 Å². The van der Waals surface area contributed by atoms with E-state index in [9.17, 15) is 4.79 Å². The number of carbonyl (C=O) groups is 1. The van der Waals surface area contributed by atoms with E-state index in [1.54, 1.807) is 6.26 Å². The summed E-state index contributed by atoms with van der Waals surface area (Å²) < 4.78 is 9.52. The highest BCUT2D eigenvalue weighted by Crippen LogP contribution is 2.38. The summed E-state index contributed by atoms with van der Waals surface area (Å²) in [6.45, 7) is 2.67. The summed E-state index contributed by atoms with van der Waals surface area (Å²) in [5.74, 6) is 1.62. The SMILES string of the molecule is Cc1nn(-c2ccccc2)c2c1CN(C(=O)NCc1ccco1)[C@H](c1ccc(Cl)cc1)c1cccn1-2. The Bertz CT molecular complexity index is 1500. The molecule has 1 aliphatic heterocycles. The van der Waals surface area contributed by atoms with E-state index in [0.29, 0.717) is 23.9 Å². The zero-order chi connectivity index (χ0) is 24.6. The maximum absolute atomic E-state index is 13.7. The Morgan fingerprint density at radius 3 is 2.61 bits per heavy atom. The number of aromatic nitrogens is 3. The first-order valence-corrected chi connectivity index (χ1v) is 12.1. The quantitative estimate of drug-likeness (QED) is 0.329. The number of hydrogen-bond donors (Lipinski definition) is 1. The Kier molecular flexibility index (Phi) is 5.62. The Morgan fingerprint density at radius 1 is 1.06 bits per heavy atom. The Balaban J connectivity index is 1.50. The lowest BCUT2D eigenvalue weighted by molar-refractivity contribution is 0.179. The van der Waals surface area contributed by atoms with Crippen LogP contribution in [0.5, 0.6) is 0 Å². The molecule has 0 radical (unpaired) electrons. The number of hydrogen-bond acceptors (Lipinski definition) is 3. The van der Waals surface area contributed by atoms with Crippen molar-refractivity contribution in [3.8, 4) is 11.5 Å². The lowest BCUT2D eigenvalue weighted by Gasteiger charge is -2.31. The zero-order valence-corrected chi connectivity index (χ0v) is 20.4. The minimum atomic E-state index is -0.343. The Hall–Kier alpha value is -4.23. The summed E-state index contributed by atoms with van der Waals surface area (Å²) in [4.78, 5) is 15.6. The molecule has 8 heteroatoms. The molecular formula is C28H24ClN5O2. The predicted octanol–water partition coefficient (Wildman–Crippen LogP) is 6.03. The van der Waals surface area contributed by atoms with Crippen molar-refractivity contribution in [3.63, 3.8) is 0 Å². The molecule has 2 aromatic carbocycles. The van der Waals surface area contributed by atoms with Gasteiger partial charge in [0.05, 0.1) is 42.5 Å². The topological polar surface area (TPSA) is 68.2 Å². The molecule has 0 saturated heterocycles. The van der Waals surface area contributed by atoms with Crippen molar-refractivity contribution in [2.45, 2.75) is 26.1 Å². The number of benzene rings is 2. The van der Waals surface area contributed by atoms with Crippen LogP contribution in [0.1, 0.15) is 34.3 Å². The molecule has 1 aliphatic rings. The van der Waals surface area contributed by atoms with Crippen LogP contribution >= 0.6 is 11.6 Å². The molecule has 0 bridgehead atoms. The number of nitrogens with one attached hydrogen (secondary N) is 1. The third-order valence-electron chi connectivity index (χ3n) is 6.53. The molecule has 180 valence electrons. The molecule has 0 spiro atoms. The van der Waals surface area contributed by atoms with Gasteiger partial charge in [0, 0.05) is 16.8 Å². The molecule has 0 saturated carbocycles. The van der Waals surface area contributed by atoms with Crippen molar-refractivity contribution >= 4 is 17.6 Å². The fourth-order valence-corrected chi connectivity index (χ4v) is 4.95. The third kappa shape index (κ3) is 3.87. The maximum atomic E-state index is 13.7. The van der Waals surface area contributed by atoms with Gasteiger partial charge in [-0.1, -0.05) is 41.9 Å². The van der Waals surface area contributed by atoms with Gasteiger partial charge in [-0.15, -0.1) is 0 Å². The molecule has 4 heterocycles. The number of para-hydroxylation sites is 1. The largest absolute Gasteiger partial charge is 0.467 e. The first-order chi connectivity index (χ1) is 17.6. The normalized spacial score (nSPS) is 14.7. The average Bonchev–Trinajstić information content (AvgIpc) is 3.63. The van der Waals surface area contributed by atoms with Gasteiger partial charge in [0.25, 0.3) is 0 Å². The molecule has 1 N–H and O–H groups in total. The van der Waals surface area contributed by atoms with E-state index in [0.717, 1.165) is 34.0 Å². The van der Waals surface area contributed by atoms with Crippen molar-refractivity contribution in [2.24, 2.45) is 0 Å². The fraction of sp³-hybridized carbons (Fsp3) is 0.143. The zero-order valence-electron chi connectivity index (χ0n) is 19.6. The van der Waals surface area contributed by atoms with Crippen LogP contribution in [-0.4, -0.2) is 25.3 Å². The highest BCUT2D eigenvalue weighted by atomic mass is 35.5. The van der Waals surface area contributed by atoms with E-state index in [-0.39, 0.29) is 12.1 Å². The van der Waals surface area contributed by atoms with Crippen LogP contribution in [0.15, 0.2) is 95.7 Å². The fourth-order valence-electron chi connectivity index (χ4n) is 4.82. The number of halogens is 1. The molecule has 5 aromatic rings. The molecule has 2 amide bonds. The number of furan rings is 1. The van der Waals surface area contributed by atoms with Gasteiger partial charge in [-0.3, -0.25) is 0 Å². The number of carbonyl (C=O) groups excluding carboxylic acids is 1. The summed E-state index contributed by atoms with van der Waals surface area (Å²) in [5, 5.41) is 8.56. The summed E-state index contributed by atoms with van der Waals surface area (Å²) in [7, 11) is 0. The standard InChI is InChI=1S/C28H24ClN5O2/c1-19-24-18-33(28(35)30-17-23-9-6-16-36-23)26(20-11-13-21(29)14-12-20)25-10-5-15-32(25)27(24)34(31-19)22-7-3-2-4-8-22/h2-16,26H,17-18H2,1H3,(H,30,35)/t26-/m1/s1. The second-order valence-corrected chi connectivity index (χ2v) is 9.19. The van der Waals surface area contributed by atoms with Gasteiger partial charge in [0.2, 0.25) is 0 Å². The number of urea groups is 1. The first kappa shape index (κ1) is 22.2. The minimum absolute atomic E-state index is 0.196. The van der Waals surface area contributed by atoms with Crippen molar-refractivity contribution in [2.75, 3.05) is 0 Å². The summed E-state index contributed by atoms with van der Waals surface area (Å²) in [6.07, 6.45) is 3.63. The van der Waals surface area contributed by atoms with Gasteiger partial charge in [0.1, 0.15) is 11.6 Å². The molecule has 7 nitrogen and oxygen atoms in total. The van der Waals surface area contributed by atoms with E-state index >= 15 is 0 Å². The highest BCUT2D eigenvalue weighted by molar-refractivity contribution is 6.30. The minimum Gasteiger partial charge on any atom is -0.467 e. The molecular weight excluding hydrogens is 474 g/mol. The number of aryl methyl sites for hydroxylation is 1. The summed E-state index contributed by atoms with van der Waals surface area (Å²) in [5.41, 5.74) is 4.74. The molecule has 1 atom stereocenters. The molecule has 0 aliphatic carbocycles. The van der Waals surface area contributed by atoms with Gasteiger partial charge in [-0.2, -0.15) is 5.10 Å². The lowest BCUT2D eigenvalue weighted by Crippen LogP contribution is -2.41. The Labute approximate surface area is 213 Å². The van der Waals surface area contributed by atoms with Gasteiger partial charge >= 0.3 is 6.03 Å². The molecule has 3 aromatic heterocycles. The lowest BCUT2D eigenvalue weighted by atomic mass is 10.0. The average molecular weight is 498 g/mol. The second-order valence-electron chi connectivity index (χ2n) is 8.76. The molecule has 0 fully saturated rings. The van der Waals surface area contributed by atoms with E-state index < -0.39 is 0 Å². The first-order valence-electron chi connectivity index (χ1n) is 11.7. The van der Waals surface area contributed by atoms with Crippen LogP contribution in [0, 0.1) is 6.92 Å². The monoisotopic (exact) mass is 497 g/mol. The number of amides is 2. The number of fused-ring (bicyclic) bond motifs is 3. The van der Waals surface area contributed by atoms with Crippen LogP contribution in [0.4, 0.5) is 4.79 Å². The second kappa shape index (κ2) is 9.09. The van der Waals surface area contributed by atoms with Crippen molar-refractivity contribution in [1.29, 1.82) is 0 Å². The molecule has 36 heavy (non-hydrogen) atoms. The van der Waals surface area contributed by atoms with E-state index in [1.165, 1.54) is 0 Å². The van der Waals surface area contributed by atoms with Gasteiger partial charge in [0.15, 0.2) is 0 Å². The van der Waals surface area contributed by atoms with Gasteiger partial charge in [-0.05, 0) is 61.0 Å². The summed E-state index contributed by atoms with van der Waals surface area (Å²) in [6, 6.07) is 24.9. The van der Waals surface area contributed by atoms with E-state index in [2.05, 4.69) is 16.0 Å². The van der Waals surface area contributed by atoms with Gasteiger partial charge in [-0.25, -0.2) is 9.48 Å². The summed E-state index contributed by atoms with van der Waals surface area (Å²) >= 11 is 6.21. The van der Waals surface area contributed by atoms with Gasteiger partial charge < -0.3 is 19.2 Å². The maximum Gasteiger partial charge on any atom is 0.318 e. The van der Waals surface area contributed by atoms with E-state index in [1.807, 2.05) is 95.5 Å². The van der Waals surface area contributed by atoms with Crippen molar-refractivity contribution in [3.05, 3.63) is 125 Å². The third-order valence-corrected chi connectivity index (χ3v) is 6.78. The van der Waals surface area contributed by atoms with Crippen molar-refractivity contribution in [1.82, 2.24) is 24.6 Å². The van der Waals surface area contributed by atoms with Crippen LogP contribution < -0.4 is 5.32 Å². The number of rotatable bonds is 4. The van der Waals surface area contributed by atoms with Crippen molar-refractivity contribution < 1.29 is 9.21 Å². The highest BCUT2D eigenvalue weighted by Gasteiger charge is 2.35. The molecule has 0 unspecified atom stereocenters. The number of nitrogens with zero attached hydrogens (tertiary/aromatic N) is 4. The predicted molar refractivity (Wildman–Crippen MR) is 137 cm³/mol. The Morgan fingerprint density at radius 2 is 1.86 bits per heavy atom. The smallest absolute Gasteiger partial charge is 0.318 e. The van der Waals surface area contributed by atoms with Crippen LogP contribution in [0.3, 0.4) is 0 Å².